The normalized spacial score (nSPS) is 21.8. The van der Waals surface area contributed by atoms with Crippen LogP contribution in [0.25, 0.3) is 0 Å². The molecular formula is C16H25ClIN. The van der Waals surface area contributed by atoms with Crippen LogP contribution in [0.4, 0.5) is 0 Å². The Balaban J connectivity index is 0.00000324. The molecule has 0 aromatic heterocycles. The molecule has 1 nitrogen and oxygen atoms in total. The van der Waals surface area contributed by atoms with Crippen molar-refractivity contribution in [3.63, 3.8) is 0 Å². The molecule has 108 valence electrons. The van der Waals surface area contributed by atoms with E-state index in [2.05, 4.69) is 66.7 Å². The Morgan fingerprint density at radius 3 is 2.32 bits per heavy atom. The lowest BCUT2D eigenvalue weighted by atomic mass is 9.98. The molecule has 1 atom stereocenters. The summed E-state index contributed by atoms with van der Waals surface area (Å²) in [4.78, 5) is 0. The molecule has 0 N–H and O–H groups in total. The van der Waals surface area contributed by atoms with Crippen LogP contribution in [0.3, 0.4) is 0 Å². The summed E-state index contributed by atoms with van der Waals surface area (Å²) < 4.78 is 1.32. The third-order valence-corrected chi connectivity index (χ3v) is 4.66. The average molecular weight is 394 g/mol. The van der Waals surface area contributed by atoms with Crippen LogP contribution in [0, 0.1) is 12.3 Å². The molecule has 1 aliphatic rings. The molecule has 1 unspecified atom stereocenters. The molecule has 0 amide bonds. The highest BCUT2D eigenvalue weighted by Crippen LogP contribution is 2.32. The van der Waals surface area contributed by atoms with Gasteiger partial charge in [-0.1, -0.05) is 60.7 Å². The number of halogens is 2. The van der Waals surface area contributed by atoms with E-state index in [1.54, 1.807) is 0 Å². The van der Waals surface area contributed by atoms with Gasteiger partial charge in [-0.15, -0.1) is 6.42 Å². The molecule has 0 saturated carbocycles. The molecule has 0 radical (unpaired) electrons. The predicted molar refractivity (Wildman–Crippen MR) is 88.8 cm³/mol. The zero-order valence-electron chi connectivity index (χ0n) is 12.0. The molecule has 0 bridgehead atoms. The minimum absolute atomic E-state index is 0. The fourth-order valence-corrected chi connectivity index (χ4v) is 4.13. The maximum Gasteiger partial charge on any atom is 0.140 e. The van der Waals surface area contributed by atoms with Crippen molar-refractivity contribution in [1.29, 1.82) is 0 Å². The van der Waals surface area contributed by atoms with Crippen molar-refractivity contribution in [3.8, 4) is 12.3 Å². The highest BCUT2D eigenvalue weighted by Gasteiger charge is 2.36. The van der Waals surface area contributed by atoms with E-state index in [0.29, 0.717) is 0 Å². The van der Waals surface area contributed by atoms with E-state index in [-0.39, 0.29) is 15.8 Å². The van der Waals surface area contributed by atoms with E-state index >= 15 is 0 Å². The van der Waals surface area contributed by atoms with Crippen LogP contribution in [-0.4, -0.2) is 34.1 Å². The number of rotatable bonds is 7. The van der Waals surface area contributed by atoms with Gasteiger partial charge in [-0.05, 0) is 25.2 Å². The molecule has 0 aromatic rings. The Morgan fingerprint density at radius 1 is 1.26 bits per heavy atom. The first-order chi connectivity index (χ1) is 8.60. The van der Waals surface area contributed by atoms with Crippen LogP contribution in [0.5, 0.6) is 0 Å². The first-order valence-electron chi connectivity index (χ1n) is 6.91. The molecule has 0 spiro atoms. The van der Waals surface area contributed by atoms with Gasteiger partial charge >= 0.3 is 0 Å². The highest BCUT2D eigenvalue weighted by atomic mass is 127. The number of terminal acetylenes is 1. The van der Waals surface area contributed by atoms with Gasteiger partial charge in [0, 0.05) is 0 Å². The summed E-state index contributed by atoms with van der Waals surface area (Å²) in [5.74, 6) is 2.91. The maximum absolute atomic E-state index is 5.62. The van der Waals surface area contributed by atoms with Crippen molar-refractivity contribution in [3.05, 3.63) is 24.3 Å². The van der Waals surface area contributed by atoms with Crippen LogP contribution in [0.2, 0.25) is 0 Å². The molecule has 19 heavy (non-hydrogen) atoms. The SMILES string of the molecule is C#CC[N+](CCC)(CCC)CC1(I)C=CC=CC1.[Cl-]. The van der Waals surface area contributed by atoms with Gasteiger partial charge in [-0.25, -0.2) is 0 Å². The van der Waals surface area contributed by atoms with Crippen molar-refractivity contribution in [2.24, 2.45) is 0 Å². The minimum atomic E-state index is 0. The van der Waals surface area contributed by atoms with E-state index < -0.39 is 0 Å². The lowest BCUT2D eigenvalue weighted by Gasteiger charge is -2.42. The molecule has 0 aliphatic heterocycles. The standard InChI is InChI=1S/C16H25IN.ClH/c1-4-12-18(13-5-2,14-6-3)15-16(17)10-8-7-9-11-16;/h1,7-10H,5-6,11-15H2,2-3H3;1H/q+1;/p-1. The summed E-state index contributed by atoms with van der Waals surface area (Å²) in [5, 5.41) is 0. The quantitative estimate of drug-likeness (QED) is 0.261. The molecular weight excluding hydrogens is 369 g/mol. The lowest BCUT2D eigenvalue weighted by molar-refractivity contribution is -0.922. The second-order valence-corrected chi connectivity index (χ2v) is 7.48. The highest BCUT2D eigenvalue weighted by molar-refractivity contribution is 14.1. The molecule has 0 heterocycles. The second-order valence-electron chi connectivity index (χ2n) is 5.34. The van der Waals surface area contributed by atoms with Crippen LogP contribution < -0.4 is 12.4 Å². The third-order valence-electron chi connectivity index (χ3n) is 3.52. The lowest BCUT2D eigenvalue weighted by Crippen LogP contribution is -3.00. The summed E-state index contributed by atoms with van der Waals surface area (Å²) >= 11 is 2.61. The molecule has 3 heteroatoms. The van der Waals surface area contributed by atoms with Gasteiger partial charge in [-0.3, -0.25) is 0 Å². The Labute approximate surface area is 138 Å². The number of quaternary nitrogens is 1. The van der Waals surface area contributed by atoms with Gasteiger partial charge in [0.2, 0.25) is 0 Å². The number of alkyl halides is 1. The summed E-state index contributed by atoms with van der Waals surface area (Å²) in [5.41, 5.74) is 0. The van der Waals surface area contributed by atoms with Crippen molar-refractivity contribution in [2.75, 3.05) is 26.2 Å². The van der Waals surface area contributed by atoms with Gasteiger partial charge in [0.05, 0.1) is 23.1 Å². The number of hydrogen-bond donors (Lipinski definition) is 0. The van der Waals surface area contributed by atoms with Crippen molar-refractivity contribution >= 4 is 22.6 Å². The number of hydrogen-bond acceptors (Lipinski definition) is 0. The summed E-state index contributed by atoms with van der Waals surface area (Å²) in [6.45, 7) is 8.93. The first kappa shape index (κ1) is 19.0. The van der Waals surface area contributed by atoms with Gasteiger partial charge in [0.15, 0.2) is 0 Å². The maximum atomic E-state index is 5.62. The van der Waals surface area contributed by atoms with Crippen LogP contribution in [0.15, 0.2) is 24.3 Å². The molecule has 0 saturated heterocycles. The molecule has 1 aliphatic carbocycles. The van der Waals surface area contributed by atoms with Crippen molar-refractivity contribution in [2.45, 2.75) is 36.5 Å². The van der Waals surface area contributed by atoms with Gasteiger partial charge in [0.1, 0.15) is 6.54 Å². The summed E-state index contributed by atoms with van der Waals surface area (Å²) in [6, 6.07) is 0. The zero-order chi connectivity index (χ0) is 13.5. The summed E-state index contributed by atoms with van der Waals surface area (Å²) in [6.07, 6.45) is 18.1. The Morgan fingerprint density at radius 2 is 1.89 bits per heavy atom. The van der Waals surface area contributed by atoms with Crippen molar-refractivity contribution < 1.29 is 16.9 Å². The fraction of sp³-hybridized carbons (Fsp3) is 0.625. The Kier molecular flexibility index (Phi) is 9.06. The average Bonchev–Trinajstić information content (AvgIpc) is 2.30. The largest absolute Gasteiger partial charge is 1.00 e. The van der Waals surface area contributed by atoms with Gasteiger partial charge in [0.25, 0.3) is 0 Å². The number of allylic oxidation sites excluding steroid dienone is 3. The zero-order valence-corrected chi connectivity index (χ0v) is 15.0. The third kappa shape index (κ3) is 5.89. The van der Waals surface area contributed by atoms with E-state index in [1.807, 2.05) is 0 Å². The fourth-order valence-electron chi connectivity index (χ4n) is 2.94. The van der Waals surface area contributed by atoms with Crippen LogP contribution >= 0.6 is 22.6 Å². The van der Waals surface area contributed by atoms with Crippen LogP contribution in [-0.2, 0) is 0 Å². The Bertz CT molecular complexity index is 350. The van der Waals surface area contributed by atoms with E-state index in [9.17, 15) is 0 Å². The topological polar surface area (TPSA) is 0 Å². The first-order valence-corrected chi connectivity index (χ1v) is 7.99. The van der Waals surface area contributed by atoms with E-state index in [0.717, 1.165) is 24.0 Å². The smallest absolute Gasteiger partial charge is 0.140 e. The van der Waals surface area contributed by atoms with E-state index in [1.165, 1.54) is 25.9 Å². The van der Waals surface area contributed by atoms with Gasteiger partial charge in [-0.2, -0.15) is 0 Å². The summed E-state index contributed by atoms with van der Waals surface area (Å²) in [7, 11) is 0. The Hall–Kier alpha value is 0.0200. The number of nitrogens with zero attached hydrogens (tertiary/aromatic N) is 1. The molecule has 0 aromatic carbocycles. The van der Waals surface area contributed by atoms with Crippen molar-refractivity contribution in [1.82, 2.24) is 0 Å². The van der Waals surface area contributed by atoms with Gasteiger partial charge < -0.3 is 16.9 Å². The predicted octanol–water partition coefficient (Wildman–Crippen LogP) is 0.950. The molecule has 0 fully saturated rings. The van der Waals surface area contributed by atoms with Crippen LogP contribution in [0.1, 0.15) is 33.1 Å². The van der Waals surface area contributed by atoms with E-state index in [4.69, 9.17) is 6.42 Å². The molecule has 1 rings (SSSR count). The monoisotopic (exact) mass is 393 g/mol. The second kappa shape index (κ2) is 9.05. The minimum Gasteiger partial charge on any atom is -1.00 e.